The maximum atomic E-state index is 12.2. The Morgan fingerprint density at radius 2 is 1.88 bits per heavy atom. The highest BCUT2D eigenvalue weighted by Crippen LogP contribution is 2.25. The second-order valence-electron chi connectivity index (χ2n) is 6.89. The standard InChI is InChI=1S/C18H26N2O4/c1-18(2,3)20-12-13(11-16(20)21)17(22)19-9-10-24-15-7-5-14(23-4)6-8-15/h5-8,13H,9-12H2,1-4H3,(H,19,22). The van der Waals surface area contributed by atoms with Crippen molar-refractivity contribution >= 4 is 11.8 Å². The molecule has 1 heterocycles. The molecule has 1 saturated heterocycles. The van der Waals surface area contributed by atoms with Crippen molar-refractivity contribution in [3.05, 3.63) is 24.3 Å². The number of hydrogen-bond acceptors (Lipinski definition) is 4. The molecule has 1 atom stereocenters. The van der Waals surface area contributed by atoms with E-state index in [1.54, 1.807) is 12.0 Å². The van der Waals surface area contributed by atoms with Gasteiger partial charge in [0.1, 0.15) is 18.1 Å². The summed E-state index contributed by atoms with van der Waals surface area (Å²) in [6, 6.07) is 7.27. The fraction of sp³-hybridized carbons (Fsp3) is 0.556. The van der Waals surface area contributed by atoms with Gasteiger partial charge >= 0.3 is 0 Å². The topological polar surface area (TPSA) is 67.9 Å². The lowest BCUT2D eigenvalue weighted by Gasteiger charge is -2.31. The molecule has 0 spiro atoms. The van der Waals surface area contributed by atoms with E-state index in [0.29, 0.717) is 19.7 Å². The fourth-order valence-electron chi connectivity index (χ4n) is 2.69. The predicted octanol–water partition coefficient (Wildman–Crippen LogP) is 1.84. The number of rotatable bonds is 6. The van der Waals surface area contributed by atoms with Gasteiger partial charge in [0.2, 0.25) is 11.8 Å². The van der Waals surface area contributed by atoms with Gasteiger partial charge in [-0.2, -0.15) is 0 Å². The smallest absolute Gasteiger partial charge is 0.225 e. The lowest BCUT2D eigenvalue weighted by atomic mass is 10.1. The Balaban J connectivity index is 1.72. The Hall–Kier alpha value is -2.24. The number of benzene rings is 1. The Bertz CT molecular complexity index is 578. The van der Waals surface area contributed by atoms with Gasteiger partial charge in [-0.25, -0.2) is 0 Å². The van der Waals surface area contributed by atoms with Gasteiger partial charge in [0, 0.05) is 18.5 Å². The third-order valence-electron chi connectivity index (χ3n) is 4.04. The number of carbonyl (C=O) groups is 2. The van der Waals surface area contributed by atoms with Crippen molar-refractivity contribution in [2.75, 3.05) is 26.8 Å². The van der Waals surface area contributed by atoms with E-state index in [2.05, 4.69) is 5.32 Å². The van der Waals surface area contributed by atoms with Crippen molar-refractivity contribution < 1.29 is 19.1 Å². The maximum absolute atomic E-state index is 12.2. The SMILES string of the molecule is COc1ccc(OCCNC(=O)C2CC(=O)N(C(C)(C)C)C2)cc1. The van der Waals surface area contributed by atoms with Crippen LogP contribution in [-0.2, 0) is 9.59 Å². The average Bonchev–Trinajstić information content (AvgIpc) is 2.94. The van der Waals surface area contributed by atoms with Gasteiger partial charge in [0.05, 0.1) is 19.6 Å². The maximum Gasteiger partial charge on any atom is 0.225 e. The molecule has 0 radical (unpaired) electrons. The first-order valence-corrected chi connectivity index (χ1v) is 8.16. The van der Waals surface area contributed by atoms with Gasteiger partial charge in [0.15, 0.2) is 0 Å². The molecule has 1 fully saturated rings. The summed E-state index contributed by atoms with van der Waals surface area (Å²) in [5.41, 5.74) is -0.246. The van der Waals surface area contributed by atoms with Crippen LogP contribution in [0.1, 0.15) is 27.2 Å². The number of methoxy groups -OCH3 is 1. The van der Waals surface area contributed by atoms with E-state index < -0.39 is 0 Å². The Kier molecular flexibility index (Phi) is 5.70. The number of likely N-dealkylation sites (tertiary alicyclic amines) is 1. The van der Waals surface area contributed by atoms with E-state index in [0.717, 1.165) is 11.5 Å². The van der Waals surface area contributed by atoms with Crippen molar-refractivity contribution in [3.8, 4) is 11.5 Å². The first-order chi connectivity index (χ1) is 11.3. The minimum absolute atomic E-state index is 0.0390. The van der Waals surface area contributed by atoms with Crippen LogP contribution in [0.2, 0.25) is 0 Å². The molecule has 0 aliphatic carbocycles. The van der Waals surface area contributed by atoms with Gasteiger partial charge in [0.25, 0.3) is 0 Å². The minimum atomic E-state index is -0.280. The summed E-state index contributed by atoms with van der Waals surface area (Å²) >= 11 is 0. The normalized spacial score (nSPS) is 17.8. The molecule has 1 unspecified atom stereocenters. The van der Waals surface area contributed by atoms with Gasteiger partial charge < -0.3 is 19.7 Å². The summed E-state index contributed by atoms with van der Waals surface area (Å²) in [5.74, 6) is 1.16. The summed E-state index contributed by atoms with van der Waals surface area (Å²) in [4.78, 5) is 26.0. The molecule has 1 aliphatic rings. The predicted molar refractivity (Wildman–Crippen MR) is 91.1 cm³/mol. The molecular weight excluding hydrogens is 308 g/mol. The summed E-state index contributed by atoms with van der Waals surface area (Å²) in [6.45, 7) is 7.20. The second kappa shape index (κ2) is 7.55. The van der Waals surface area contributed by atoms with Gasteiger partial charge in [-0.3, -0.25) is 9.59 Å². The lowest BCUT2D eigenvalue weighted by molar-refractivity contribution is -0.132. The van der Waals surface area contributed by atoms with Crippen molar-refractivity contribution in [2.45, 2.75) is 32.7 Å². The van der Waals surface area contributed by atoms with Gasteiger partial charge in [-0.15, -0.1) is 0 Å². The molecule has 1 aliphatic heterocycles. The van der Waals surface area contributed by atoms with E-state index in [1.807, 2.05) is 45.0 Å². The molecule has 6 nitrogen and oxygen atoms in total. The third-order valence-corrected chi connectivity index (χ3v) is 4.04. The summed E-state index contributed by atoms with van der Waals surface area (Å²) < 4.78 is 10.6. The number of nitrogens with zero attached hydrogens (tertiary/aromatic N) is 1. The van der Waals surface area contributed by atoms with Crippen LogP contribution < -0.4 is 14.8 Å². The minimum Gasteiger partial charge on any atom is -0.497 e. The largest absolute Gasteiger partial charge is 0.497 e. The average molecular weight is 334 g/mol. The zero-order chi connectivity index (χ0) is 17.7. The highest BCUT2D eigenvalue weighted by molar-refractivity contribution is 5.89. The number of amides is 2. The Labute approximate surface area is 143 Å². The monoisotopic (exact) mass is 334 g/mol. The fourth-order valence-corrected chi connectivity index (χ4v) is 2.69. The summed E-state index contributed by atoms with van der Waals surface area (Å²) in [7, 11) is 1.61. The number of nitrogens with one attached hydrogen (secondary N) is 1. The lowest BCUT2D eigenvalue weighted by Crippen LogP contribution is -2.43. The van der Waals surface area contributed by atoms with Crippen molar-refractivity contribution in [1.29, 1.82) is 0 Å². The molecule has 1 N–H and O–H groups in total. The highest BCUT2D eigenvalue weighted by Gasteiger charge is 2.39. The Morgan fingerprint density at radius 1 is 1.25 bits per heavy atom. The first kappa shape index (κ1) is 18.1. The van der Waals surface area contributed by atoms with E-state index >= 15 is 0 Å². The van der Waals surface area contributed by atoms with Crippen LogP contribution in [0.3, 0.4) is 0 Å². The van der Waals surface area contributed by atoms with Crippen molar-refractivity contribution in [2.24, 2.45) is 5.92 Å². The third kappa shape index (κ3) is 4.63. The van der Waals surface area contributed by atoms with E-state index in [4.69, 9.17) is 9.47 Å². The number of ether oxygens (including phenoxy) is 2. The van der Waals surface area contributed by atoms with Crippen LogP contribution in [0.4, 0.5) is 0 Å². The Morgan fingerprint density at radius 3 is 2.42 bits per heavy atom. The zero-order valence-electron chi connectivity index (χ0n) is 14.8. The second-order valence-corrected chi connectivity index (χ2v) is 6.89. The van der Waals surface area contributed by atoms with Crippen LogP contribution in [-0.4, -0.2) is 49.1 Å². The summed E-state index contributed by atoms with van der Waals surface area (Å²) in [6.07, 6.45) is 0.280. The van der Waals surface area contributed by atoms with E-state index in [9.17, 15) is 9.59 Å². The molecular formula is C18H26N2O4. The molecule has 0 bridgehead atoms. The molecule has 1 aromatic rings. The zero-order valence-corrected chi connectivity index (χ0v) is 14.8. The van der Waals surface area contributed by atoms with Crippen molar-refractivity contribution in [3.63, 3.8) is 0 Å². The summed E-state index contributed by atoms with van der Waals surface area (Å²) in [5, 5.41) is 2.84. The molecule has 6 heteroatoms. The molecule has 132 valence electrons. The van der Waals surface area contributed by atoms with Crippen LogP contribution in [0.25, 0.3) is 0 Å². The van der Waals surface area contributed by atoms with E-state index in [1.165, 1.54) is 0 Å². The van der Waals surface area contributed by atoms with Crippen LogP contribution >= 0.6 is 0 Å². The molecule has 0 saturated carbocycles. The van der Waals surface area contributed by atoms with Gasteiger partial charge in [-0.1, -0.05) is 0 Å². The molecule has 0 aromatic heterocycles. The van der Waals surface area contributed by atoms with Crippen LogP contribution in [0.5, 0.6) is 11.5 Å². The van der Waals surface area contributed by atoms with Crippen LogP contribution in [0, 0.1) is 5.92 Å². The van der Waals surface area contributed by atoms with Crippen LogP contribution in [0.15, 0.2) is 24.3 Å². The number of carbonyl (C=O) groups excluding carboxylic acids is 2. The van der Waals surface area contributed by atoms with Gasteiger partial charge in [-0.05, 0) is 45.0 Å². The molecule has 2 amide bonds. The van der Waals surface area contributed by atoms with Crippen molar-refractivity contribution in [1.82, 2.24) is 10.2 Å². The van der Waals surface area contributed by atoms with E-state index in [-0.39, 0.29) is 29.7 Å². The highest BCUT2D eigenvalue weighted by atomic mass is 16.5. The quantitative estimate of drug-likeness (QED) is 0.806. The first-order valence-electron chi connectivity index (χ1n) is 8.16. The number of hydrogen-bond donors (Lipinski definition) is 1. The molecule has 1 aromatic carbocycles. The molecule has 24 heavy (non-hydrogen) atoms. The molecule has 2 rings (SSSR count).